The SMILES string of the molecule is C1CCNCC1.O=C(O)CC(=O)O.c1ccncc1. The Morgan fingerprint density at radius 2 is 1.47 bits per heavy atom. The number of hydrogen-bond acceptors (Lipinski definition) is 4. The Bertz CT molecular complexity index is 290. The molecule has 6 heteroatoms. The van der Waals surface area contributed by atoms with E-state index < -0.39 is 18.4 Å². The Balaban J connectivity index is 0.000000256. The maximum atomic E-state index is 9.43. The van der Waals surface area contributed by atoms with Crippen LogP contribution in [0.25, 0.3) is 0 Å². The fourth-order valence-electron chi connectivity index (χ4n) is 1.24. The van der Waals surface area contributed by atoms with E-state index in [1.807, 2.05) is 18.2 Å². The monoisotopic (exact) mass is 268 g/mol. The van der Waals surface area contributed by atoms with E-state index in [1.165, 1.54) is 32.4 Å². The fourth-order valence-corrected chi connectivity index (χ4v) is 1.24. The highest BCUT2D eigenvalue weighted by Gasteiger charge is 2.01. The van der Waals surface area contributed by atoms with E-state index in [1.54, 1.807) is 12.4 Å². The lowest BCUT2D eigenvalue weighted by atomic mass is 10.2. The van der Waals surface area contributed by atoms with Crippen LogP contribution in [0.4, 0.5) is 0 Å². The Morgan fingerprint density at radius 1 is 0.947 bits per heavy atom. The number of carbonyl (C=O) groups is 2. The van der Waals surface area contributed by atoms with E-state index >= 15 is 0 Å². The second-order valence-electron chi connectivity index (χ2n) is 3.80. The van der Waals surface area contributed by atoms with Crippen molar-refractivity contribution in [1.82, 2.24) is 10.3 Å². The van der Waals surface area contributed by atoms with Crippen molar-refractivity contribution in [2.24, 2.45) is 0 Å². The minimum absolute atomic E-state index is 0.806. The van der Waals surface area contributed by atoms with E-state index in [0.717, 1.165) is 0 Å². The molecule has 2 rings (SSSR count). The van der Waals surface area contributed by atoms with Crippen molar-refractivity contribution in [3.8, 4) is 0 Å². The zero-order chi connectivity index (χ0) is 14.3. The van der Waals surface area contributed by atoms with E-state index in [4.69, 9.17) is 10.2 Å². The van der Waals surface area contributed by atoms with Gasteiger partial charge in [0.15, 0.2) is 0 Å². The van der Waals surface area contributed by atoms with Crippen LogP contribution in [0.1, 0.15) is 25.7 Å². The van der Waals surface area contributed by atoms with Crippen molar-refractivity contribution >= 4 is 11.9 Å². The second-order valence-corrected chi connectivity index (χ2v) is 3.80. The van der Waals surface area contributed by atoms with E-state index in [0.29, 0.717) is 0 Å². The summed E-state index contributed by atoms with van der Waals surface area (Å²) in [4.78, 5) is 22.6. The molecule has 1 aliphatic rings. The van der Waals surface area contributed by atoms with Crippen LogP contribution in [-0.4, -0.2) is 40.2 Å². The van der Waals surface area contributed by atoms with Crippen LogP contribution >= 0.6 is 0 Å². The minimum atomic E-state index is -1.31. The third kappa shape index (κ3) is 16.1. The van der Waals surface area contributed by atoms with Crippen molar-refractivity contribution in [2.75, 3.05) is 13.1 Å². The van der Waals surface area contributed by atoms with Crippen molar-refractivity contribution in [2.45, 2.75) is 25.7 Å². The highest BCUT2D eigenvalue weighted by atomic mass is 16.4. The van der Waals surface area contributed by atoms with E-state index in [9.17, 15) is 9.59 Å². The van der Waals surface area contributed by atoms with E-state index in [-0.39, 0.29) is 0 Å². The molecule has 1 aliphatic heterocycles. The zero-order valence-electron chi connectivity index (χ0n) is 10.8. The Hall–Kier alpha value is -1.95. The lowest BCUT2D eigenvalue weighted by Crippen LogP contribution is -2.21. The number of rotatable bonds is 2. The van der Waals surface area contributed by atoms with Gasteiger partial charge in [-0.1, -0.05) is 12.5 Å². The van der Waals surface area contributed by atoms with Crippen molar-refractivity contribution in [1.29, 1.82) is 0 Å². The molecule has 0 bridgehead atoms. The number of piperidine rings is 1. The standard InChI is InChI=1S/C5H11N.C5H5N.C3H4O4/c2*1-2-4-6-5-3-1;4-2(5)1-3(6)7/h6H,1-5H2;1-5H;1H2,(H,4,5)(H,6,7). The summed E-state index contributed by atoms with van der Waals surface area (Å²) in [5, 5.41) is 18.7. The number of nitrogens with one attached hydrogen (secondary N) is 1. The number of pyridine rings is 1. The largest absolute Gasteiger partial charge is 0.481 e. The van der Waals surface area contributed by atoms with Gasteiger partial charge in [-0.25, -0.2) is 0 Å². The summed E-state index contributed by atoms with van der Waals surface area (Å²) in [6.45, 7) is 2.50. The molecule has 0 aromatic carbocycles. The molecule has 1 saturated heterocycles. The predicted molar refractivity (Wildman–Crippen MR) is 70.8 cm³/mol. The molecule has 0 unspecified atom stereocenters. The van der Waals surface area contributed by atoms with Crippen LogP contribution in [0, 0.1) is 0 Å². The number of aliphatic carboxylic acids is 2. The summed E-state index contributed by atoms with van der Waals surface area (Å²) in [5.41, 5.74) is 0. The first-order chi connectivity index (χ1) is 9.13. The molecule has 1 fully saturated rings. The molecule has 106 valence electrons. The maximum Gasteiger partial charge on any atom is 0.314 e. The van der Waals surface area contributed by atoms with Gasteiger partial charge < -0.3 is 15.5 Å². The molecular weight excluding hydrogens is 248 g/mol. The summed E-state index contributed by atoms with van der Waals surface area (Å²) in [5.74, 6) is -2.62. The summed E-state index contributed by atoms with van der Waals surface area (Å²) in [6, 6.07) is 5.72. The molecule has 19 heavy (non-hydrogen) atoms. The number of carboxylic acid groups (broad SMARTS) is 2. The first kappa shape index (κ1) is 17.1. The Labute approximate surface area is 112 Å². The summed E-state index contributed by atoms with van der Waals surface area (Å²) < 4.78 is 0. The predicted octanol–water partition coefficient (Wildman–Crippen LogP) is 1.39. The Morgan fingerprint density at radius 3 is 1.58 bits per heavy atom. The van der Waals surface area contributed by atoms with Crippen LogP contribution in [0.3, 0.4) is 0 Å². The average molecular weight is 268 g/mol. The lowest BCUT2D eigenvalue weighted by molar-refractivity contribution is -0.147. The first-order valence-electron chi connectivity index (χ1n) is 6.12. The van der Waals surface area contributed by atoms with Gasteiger partial charge in [0.05, 0.1) is 0 Å². The average Bonchev–Trinajstić information content (AvgIpc) is 2.42. The van der Waals surface area contributed by atoms with Gasteiger partial charge in [-0.05, 0) is 38.1 Å². The maximum absolute atomic E-state index is 9.43. The number of nitrogens with zero attached hydrogens (tertiary/aromatic N) is 1. The summed E-state index contributed by atoms with van der Waals surface area (Å²) in [6.07, 6.45) is 6.91. The molecule has 1 aromatic rings. The third-order valence-electron chi connectivity index (χ3n) is 2.08. The van der Waals surface area contributed by atoms with Gasteiger partial charge in [0, 0.05) is 12.4 Å². The van der Waals surface area contributed by atoms with Gasteiger partial charge in [-0.2, -0.15) is 0 Å². The zero-order valence-corrected chi connectivity index (χ0v) is 10.8. The second kappa shape index (κ2) is 12.5. The van der Waals surface area contributed by atoms with Gasteiger partial charge in [-0.3, -0.25) is 14.6 Å². The van der Waals surface area contributed by atoms with Crippen LogP contribution in [0.5, 0.6) is 0 Å². The molecule has 0 aliphatic carbocycles. The molecule has 3 N–H and O–H groups in total. The van der Waals surface area contributed by atoms with Crippen molar-refractivity contribution in [3.63, 3.8) is 0 Å². The highest BCUT2D eigenvalue weighted by Crippen LogP contribution is 1.96. The topological polar surface area (TPSA) is 99.5 Å². The molecule has 6 nitrogen and oxygen atoms in total. The molecule has 0 amide bonds. The van der Waals surface area contributed by atoms with Gasteiger partial charge in [-0.15, -0.1) is 0 Å². The van der Waals surface area contributed by atoms with E-state index in [2.05, 4.69) is 10.3 Å². The van der Waals surface area contributed by atoms with Crippen molar-refractivity contribution in [3.05, 3.63) is 30.6 Å². The van der Waals surface area contributed by atoms with Crippen LogP contribution in [-0.2, 0) is 9.59 Å². The normalized spacial score (nSPS) is 13.1. The fraction of sp³-hybridized carbons (Fsp3) is 0.462. The van der Waals surface area contributed by atoms with Crippen LogP contribution < -0.4 is 5.32 Å². The molecule has 1 aromatic heterocycles. The first-order valence-corrected chi connectivity index (χ1v) is 6.12. The van der Waals surface area contributed by atoms with Gasteiger partial charge in [0.2, 0.25) is 0 Å². The molecule has 0 spiro atoms. The molecular formula is C13H20N2O4. The summed E-state index contributed by atoms with van der Waals surface area (Å²) in [7, 11) is 0. The quantitative estimate of drug-likeness (QED) is 0.701. The summed E-state index contributed by atoms with van der Waals surface area (Å²) >= 11 is 0. The van der Waals surface area contributed by atoms with Crippen LogP contribution in [0.2, 0.25) is 0 Å². The highest BCUT2D eigenvalue weighted by molar-refractivity contribution is 5.88. The minimum Gasteiger partial charge on any atom is -0.481 e. The molecule has 0 radical (unpaired) electrons. The molecule has 0 saturated carbocycles. The van der Waals surface area contributed by atoms with Crippen molar-refractivity contribution < 1.29 is 19.8 Å². The molecule has 2 heterocycles. The Kier molecular flexibility index (Phi) is 11.2. The van der Waals surface area contributed by atoms with Gasteiger partial charge in [0.1, 0.15) is 6.42 Å². The molecule has 0 atom stereocenters. The third-order valence-corrected chi connectivity index (χ3v) is 2.08. The van der Waals surface area contributed by atoms with Gasteiger partial charge >= 0.3 is 11.9 Å². The number of hydrogen-bond donors (Lipinski definition) is 3. The van der Waals surface area contributed by atoms with Crippen LogP contribution in [0.15, 0.2) is 30.6 Å². The number of aromatic nitrogens is 1. The lowest BCUT2D eigenvalue weighted by Gasteiger charge is -2.08. The smallest absolute Gasteiger partial charge is 0.314 e. The van der Waals surface area contributed by atoms with Gasteiger partial charge in [0.25, 0.3) is 0 Å². The number of carboxylic acids is 2.